The highest BCUT2D eigenvalue weighted by Crippen LogP contribution is 2.45. The van der Waals surface area contributed by atoms with Crippen LogP contribution in [0.1, 0.15) is 6.42 Å². The molecule has 0 aromatic rings. The summed E-state index contributed by atoms with van der Waals surface area (Å²) in [6.45, 7) is 0.739. The summed E-state index contributed by atoms with van der Waals surface area (Å²) in [5, 5.41) is 0. The third kappa shape index (κ3) is 2.20. The summed E-state index contributed by atoms with van der Waals surface area (Å²) in [7, 11) is 5.11. The van der Waals surface area contributed by atoms with Crippen LogP contribution >= 0.6 is 0 Å². The van der Waals surface area contributed by atoms with Crippen molar-refractivity contribution < 1.29 is 13.2 Å². The Morgan fingerprint density at radius 3 is 2.21 bits per heavy atom. The lowest BCUT2D eigenvalue weighted by molar-refractivity contribution is -0.223. The van der Waals surface area contributed by atoms with Crippen molar-refractivity contribution in [3.63, 3.8) is 0 Å². The van der Waals surface area contributed by atoms with Crippen molar-refractivity contribution in [2.75, 3.05) is 40.8 Å². The van der Waals surface area contributed by atoms with E-state index in [2.05, 4.69) is 0 Å². The van der Waals surface area contributed by atoms with Crippen LogP contribution in [0.5, 0.6) is 0 Å². The maximum atomic E-state index is 12.9. The van der Waals surface area contributed by atoms with E-state index in [-0.39, 0.29) is 19.5 Å². The molecule has 1 fully saturated rings. The van der Waals surface area contributed by atoms with Gasteiger partial charge >= 0.3 is 6.18 Å². The summed E-state index contributed by atoms with van der Waals surface area (Å²) in [4.78, 5) is 3.36. The zero-order valence-corrected chi connectivity index (χ0v) is 8.86. The molecule has 1 heterocycles. The maximum absolute atomic E-state index is 12.9. The van der Waals surface area contributed by atoms with E-state index in [0.717, 1.165) is 0 Å². The van der Waals surface area contributed by atoms with E-state index in [1.807, 2.05) is 0 Å². The molecule has 0 aliphatic carbocycles. The molecule has 1 atom stereocenters. The lowest BCUT2D eigenvalue weighted by Gasteiger charge is -2.33. The average molecular weight is 210 g/mol. The number of rotatable bonds is 2. The van der Waals surface area contributed by atoms with Crippen LogP contribution in [0.25, 0.3) is 0 Å². The van der Waals surface area contributed by atoms with Gasteiger partial charge in [0.05, 0.1) is 5.41 Å². The molecule has 0 saturated carbocycles. The van der Waals surface area contributed by atoms with E-state index in [9.17, 15) is 13.2 Å². The molecule has 1 rings (SSSR count). The van der Waals surface area contributed by atoms with Gasteiger partial charge in [-0.3, -0.25) is 0 Å². The summed E-state index contributed by atoms with van der Waals surface area (Å²) in [6, 6.07) is 0. The Morgan fingerprint density at radius 2 is 1.93 bits per heavy atom. The second kappa shape index (κ2) is 3.70. The SMILES string of the molecule is CN(C)CC1(C(F)(F)F)CCN(C)C1. The van der Waals surface area contributed by atoms with E-state index < -0.39 is 11.6 Å². The molecule has 14 heavy (non-hydrogen) atoms. The summed E-state index contributed by atoms with van der Waals surface area (Å²) in [5.74, 6) is 0. The van der Waals surface area contributed by atoms with Gasteiger partial charge in [-0.25, -0.2) is 0 Å². The maximum Gasteiger partial charge on any atom is 0.397 e. The molecule has 0 spiro atoms. The Morgan fingerprint density at radius 1 is 1.36 bits per heavy atom. The average Bonchev–Trinajstić information content (AvgIpc) is 2.29. The summed E-state index contributed by atoms with van der Waals surface area (Å²) >= 11 is 0. The normalized spacial score (nSPS) is 30.2. The van der Waals surface area contributed by atoms with Crippen molar-refractivity contribution in [3.8, 4) is 0 Å². The Balaban J connectivity index is 2.81. The quantitative estimate of drug-likeness (QED) is 0.680. The van der Waals surface area contributed by atoms with Crippen molar-refractivity contribution >= 4 is 0 Å². The highest BCUT2D eigenvalue weighted by atomic mass is 19.4. The molecular formula is C9H17F3N2. The highest BCUT2D eigenvalue weighted by Gasteiger charge is 2.57. The van der Waals surface area contributed by atoms with Gasteiger partial charge in [0.1, 0.15) is 0 Å². The minimum absolute atomic E-state index is 0.0842. The smallest absolute Gasteiger partial charge is 0.308 e. The van der Waals surface area contributed by atoms with E-state index in [1.54, 1.807) is 30.9 Å². The zero-order valence-electron chi connectivity index (χ0n) is 8.86. The molecule has 84 valence electrons. The van der Waals surface area contributed by atoms with Crippen molar-refractivity contribution in [1.29, 1.82) is 0 Å². The Kier molecular flexibility index (Phi) is 3.11. The molecule has 0 radical (unpaired) electrons. The van der Waals surface area contributed by atoms with Gasteiger partial charge < -0.3 is 9.80 Å². The first-order valence-electron chi connectivity index (χ1n) is 4.67. The van der Waals surface area contributed by atoms with E-state index >= 15 is 0 Å². The highest BCUT2D eigenvalue weighted by molar-refractivity contribution is 4.95. The van der Waals surface area contributed by atoms with Crippen molar-refractivity contribution in [2.45, 2.75) is 12.6 Å². The fourth-order valence-corrected chi connectivity index (χ4v) is 2.14. The molecule has 1 unspecified atom stereocenters. The number of halogens is 3. The van der Waals surface area contributed by atoms with Crippen LogP contribution in [0, 0.1) is 5.41 Å². The first-order valence-corrected chi connectivity index (χ1v) is 4.67. The van der Waals surface area contributed by atoms with Gasteiger partial charge in [0.15, 0.2) is 0 Å². The van der Waals surface area contributed by atoms with Crippen molar-refractivity contribution in [2.24, 2.45) is 5.41 Å². The van der Waals surface area contributed by atoms with Gasteiger partial charge in [0.25, 0.3) is 0 Å². The fraction of sp³-hybridized carbons (Fsp3) is 1.00. The van der Waals surface area contributed by atoms with Crippen LogP contribution in [-0.4, -0.2) is 56.8 Å². The van der Waals surface area contributed by atoms with Crippen LogP contribution in [0.4, 0.5) is 13.2 Å². The zero-order chi connectivity index (χ0) is 11.0. The molecule has 0 aromatic heterocycles. The van der Waals surface area contributed by atoms with Crippen LogP contribution in [0.3, 0.4) is 0 Å². The minimum Gasteiger partial charge on any atom is -0.308 e. The fourth-order valence-electron chi connectivity index (χ4n) is 2.14. The van der Waals surface area contributed by atoms with E-state index in [0.29, 0.717) is 6.54 Å². The molecule has 1 aliphatic heterocycles. The number of alkyl halides is 3. The predicted molar refractivity (Wildman–Crippen MR) is 49.2 cm³/mol. The molecule has 2 nitrogen and oxygen atoms in total. The molecule has 0 amide bonds. The molecule has 1 aliphatic rings. The Hall–Kier alpha value is -0.290. The standard InChI is InChI=1S/C9H17F3N2/c1-13(2)6-8(9(10,11)12)4-5-14(3)7-8/h4-7H2,1-3H3. The lowest BCUT2D eigenvalue weighted by Crippen LogP contribution is -2.47. The number of hydrogen-bond acceptors (Lipinski definition) is 2. The number of nitrogens with zero attached hydrogens (tertiary/aromatic N) is 2. The molecule has 0 bridgehead atoms. The monoisotopic (exact) mass is 210 g/mol. The van der Waals surface area contributed by atoms with Gasteiger partial charge in [0.2, 0.25) is 0 Å². The second-order valence-corrected chi connectivity index (χ2v) is 4.50. The van der Waals surface area contributed by atoms with Gasteiger partial charge in [-0.15, -0.1) is 0 Å². The van der Waals surface area contributed by atoms with Crippen LogP contribution in [0.15, 0.2) is 0 Å². The molecule has 0 aromatic carbocycles. The first-order chi connectivity index (χ1) is 6.27. The first kappa shape index (κ1) is 11.8. The van der Waals surface area contributed by atoms with Gasteiger partial charge in [-0.1, -0.05) is 0 Å². The molecule has 5 heteroatoms. The summed E-state index contributed by atoms with van der Waals surface area (Å²) in [5.41, 5.74) is -1.52. The van der Waals surface area contributed by atoms with Gasteiger partial charge in [-0.2, -0.15) is 13.2 Å². The van der Waals surface area contributed by atoms with Crippen LogP contribution in [0.2, 0.25) is 0 Å². The van der Waals surface area contributed by atoms with Crippen molar-refractivity contribution in [1.82, 2.24) is 9.80 Å². The van der Waals surface area contributed by atoms with Crippen LogP contribution in [-0.2, 0) is 0 Å². The van der Waals surface area contributed by atoms with Crippen LogP contribution < -0.4 is 0 Å². The Bertz CT molecular complexity index is 203. The van der Waals surface area contributed by atoms with E-state index in [1.165, 1.54) is 0 Å². The largest absolute Gasteiger partial charge is 0.397 e. The third-order valence-electron chi connectivity index (χ3n) is 2.76. The topological polar surface area (TPSA) is 6.48 Å². The number of hydrogen-bond donors (Lipinski definition) is 0. The van der Waals surface area contributed by atoms with Crippen molar-refractivity contribution in [3.05, 3.63) is 0 Å². The molecule has 0 N–H and O–H groups in total. The van der Waals surface area contributed by atoms with Gasteiger partial charge in [-0.05, 0) is 34.1 Å². The lowest BCUT2D eigenvalue weighted by atomic mass is 9.86. The Labute approximate surface area is 82.7 Å². The molecular weight excluding hydrogens is 193 g/mol. The second-order valence-electron chi connectivity index (χ2n) is 4.50. The predicted octanol–water partition coefficient (Wildman–Crippen LogP) is 1.43. The van der Waals surface area contributed by atoms with Gasteiger partial charge in [0, 0.05) is 13.1 Å². The third-order valence-corrected chi connectivity index (χ3v) is 2.76. The summed E-state index contributed by atoms with van der Waals surface area (Å²) in [6.07, 6.45) is -3.88. The minimum atomic E-state index is -4.10. The summed E-state index contributed by atoms with van der Waals surface area (Å²) < 4.78 is 38.7. The number of likely N-dealkylation sites (tertiary alicyclic amines) is 1. The van der Waals surface area contributed by atoms with E-state index in [4.69, 9.17) is 0 Å². The molecule has 1 saturated heterocycles.